The van der Waals surface area contributed by atoms with E-state index >= 15 is 0 Å². The number of phenolic OH excluding ortho intramolecular Hbond substituents is 1. The molecular formula is C13H19NO2. The van der Waals surface area contributed by atoms with Crippen LogP contribution in [-0.4, -0.2) is 17.6 Å². The number of rotatable bonds is 4. The SMILES string of the molecule is CCCNC(=O)c1cc(C(C)C)ccc1O. The number of aromatic hydroxyl groups is 1. The van der Waals surface area contributed by atoms with E-state index in [2.05, 4.69) is 19.2 Å². The van der Waals surface area contributed by atoms with E-state index in [-0.39, 0.29) is 11.7 Å². The smallest absolute Gasteiger partial charge is 0.255 e. The molecule has 1 aromatic carbocycles. The van der Waals surface area contributed by atoms with Crippen LogP contribution in [0.2, 0.25) is 0 Å². The first-order valence-electron chi connectivity index (χ1n) is 5.67. The summed E-state index contributed by atoms with van der Waals surface area (Å²) in [6.07, 6.45) is 0.885. The third-order valence-electron chi connectivity index (χ3n) is 2.47. The van der Waals surface area contributed by atoms with Crippen molar-refractivity contribution in [3.63, 3.8) is 0 Å². The molecule has 0 saturated heterocycles. The zero-order valence-electron chi connectivity index (χ0n) is 10.1. The fourth-order valence-corrected chi connectivity index (χ4v) is 1.43. The number of benzene rings is 1. The Morgan fingerprint density at radius 3 is 2.69 bits per heavy atom. The molecule has 3 nitrogen and oxygen atoms in total. The number of carbonyl (C=O) groups is 1. The molecule has 1 amide bonds. The van der Waals surface area contributed by atoms with Gasteiger partial charge in [-0.25, -0.2) is 0 Å². The second kappa shape index (κ2) is 5.54. The van der Waals surface area contributed by atoms with Crippen molar-refractivity contribution in [1.29, 1.82) is 0 Å². The minimum Gasteiger partial charge on any atom is -0.507 e. The molecule has 0 unspecified atom stereocenters. The van der Waals surface area contributed by atoms with Crippen LogP contribution < -0.4 is 5.32 Å². The number of nitrogens with one attached hydrogen (secondary N) is 1. The van der Waals surface area contributed by atoms with Gasteiger partial charge in [0.2, 0.25) is 0 Å². The summed E-state index contributed by atoms with van der Waals surface area (Å²) in [4.78, 5) is 11.7. The van der Waals surface area contributed by atoms with E-state index in [1.54, 1.807) is 12.1 Å². The Balaban J connectivity index is 2.93. The molecule has 0 spiro atoms. The van der Waals surface area contributed by atoms with E-state index < -0.39 is 0 Å². The van der Waals surface area contributed by atoms with Crippen LogP contribution in [0, 0.1) is 0 Å². The molecule has 2 N–H and O–H groups in total. The Hall–Kier alpha value is -1.51. The Morgan fingerprint density at radius 2 is 2.12 bits per heavy atom. The van der Waals surface area contributed by atoms with Gasteiger partial charge in [0, 0.05) is 6.54 Å². The van der Waals surface area contributed by atoms with Gasteiger partial charge in [0.25, 0.3) is 5.91 Å². The molecule has 0 heterocycles. The summed E-state index contributed by atoms with van der Waals surface area (Å²) in [5.74, 6) is 0.179. The maximum absolute atomic E-state index is 11.7. The summed E-state index contributed by atoms with van der Waals surface area (Å²) in [6.45, 7) is 6.73. The molecular weight excluding hydrogens is 202 g/mol. The number of hydrogen-bond donors (Lipinski definition) is 2. The van der Waals surface area contributed by atoms with Gasteiger partial charge in [0.05, 0.1) is 5.56 Å². The maximum atomic E-state index is 11.7. The predicted octanol–water partition coefficient (Wildman–Crippen LogP) is 2.66. The minimum atomic E-state index is -0.207. The van der Waals surface area contributed by atoms with Gasteiger partial charge in [-0.15, -0.1) is 0 Å². The van der Waals surface area contributed by atoms with Crippen molar-refractivity contribution in [2.45, 2.75) is 33.1 Å². The zero-order chi connectivity index (χ0) is 12.1. The number of amides is 1. The van der Waals surface area contributed by atoms with Gasteiger partial charge in [-0.2, -0.15) is 0 Å². The first kappa shape index (κ1) is 12.6. The van der Waals surface area contributed by atoms with E-state index in [0.717, 1.165) is 12.0 Å². The van der Waals surface area contributed by atoms with Crippen molar-refractivity contribution in [1.82, 2.24) is 5.32 Å². The first-order chi connectivity index (χ1) is 7.56. The van der Waals surface area contributed by atoms with Crippen LogP contribution in [0.4, 0.5) is 0 Å². The van der Waals surface area contributed by atoms with E-state index in [9.17, 15) is 9.90 Å². The van der Waals surface area contributed by atoms with Gasteiger partial charge in [-0.05, 0) is 30.0 Å². The molecule has 1 aromatic rings. The van der Waals surface area contributed by atoms with Crippen LogP contribution in [0.25, 0.3) is 0 Å². The van der Waals surface area contributed by atoms with E-state index in [1.165, 1.54) is 0 Å². The van der Waals surface area contributed by atoms with E-state index in [1.807, 2.05) is 13.0 Å². The van der Waals surface area contributed by atoms with Gasteiger partial charge in [0.15, 0.2) is 0 Å². The molecule has 0 atom stereocenters. The third kappa shape index (κ3) is 2.99. The fraction of sp³-hybridized carbons (Fsp3) is 0.462. The lowest BCUT2D eigenvalue weighted by Crippen LogP contribution is -2.24. The van der Waals surface area contributed by atoms with Gasteiger partial charge in [-0.1, -0.05) is 26.8 Å². The highest BCUT2D eigenvalue weighted by molar-refractivity contribution is 5.97. The second-order valence-electron chi connectivity index (χ2n) is 4.19. The van der Waals surface area contributed by atoms with Crippen LogP contribution in [-0.2, 0) is 0 Å². The molecule has 0 aliphatic rings. The Labute approximate surface area is 96.5 Å². The second-order valence-corrected chi connectivity index (χ2v) is 4.19. The molecule has 16 heavy (non-hydrogen) atoms. The fourth-order valence-electron chi connectivity index (χ4n) is 1.43. The Kier molecular flexibility index (Phi) is 4.35. The van der Waals surface area contributed by atoms with Gasteiger partial charge in [-0.3, -0.25) is 4.79 Å². The molecule has 0 saturated carbocycles. The summed E-state index contributed by atoms with van der Waals surface area (Å²) >= 11 is 0. The molecule has 3 heteroatoms. The lowest BCUT2D eigenvalue weighted by Gasteiger charge is -2.10. The van der Waals surface area contributed by atoms with E-state index in [0.29, 0.717) is 18.0 Å². The van der Waals surface area contributed by atoms with Crippen LogP contribution in [0.1, 0.15) is 49.0 Å². The molecule has 1 rings (SSSR count). The number of carbonyl (C=O) groups excluding carboxylic acids is 1. The normalized spacial score (nSPS) is 10.5. The molecule has 0 radical (unpaired) electrons. The minimum absolute atomic E-state index is 0.0398. The van der Waals surface area contributed by atoms with Gasteiger partial charge in [0.1, 0.15) is 5.75 Å². The Morgan fingerprint density at radius 1 is 1.44 bits per heavy atom. The van der Waals surface area contributed by atoms with Crippen molar-refractivity contribution < 1.29 is 9.90 Å². The standard InChI is InChI=1S/C13H19NO2/c1-4-7-14-13(16)11-8-10(9(2)3)5-6-12(11)15/h5-6,8-9,15H,4,7H2,1-3H3,(H,14,16). The van der Waals surface area contributed by atoms with Crippen LogP contribution in [0.15, 0.2) is 18.2 Å². The third-order valence-corrected chi connectivity index (χ3v) is 2.47. The highest BCUT2D eigenvalue weighted by Crippen LogP contribution is 2.23. The van der Waals surface area contributed by atoms with Crippen molar-refractivity contribution >= 4 is 5.91 Å². The topological polar surface area (TPSA) is 49.3 Å². The summed E-state index contributed by atoms with van der Waals surface area (Å²) in [5, 5.41) is 12.4. The zero-order valence-corrected chi connectivity index (χ0v) is 10.1. The van der Waals surface area contributed by atoms with Crippen LogP contribution in [0.3, 0.4) is 0 Å². The number of hydrogen-bond acceptors (Lipinski definition) is 2. The van der Waals surface area contributed by atoms with Crippen molar-refractivity contribution in [3.05, 3.63) is 29.3 Å². The number of phenols is 1. The predicted molar refractivity (Wildman–Crippen MR) is 64.8 cm³/mol. The molecule has 0 fully saturated rings. The summed E-state index contributed by atoms with van der Waals surface area (Å²) < 4.78 is 0. The van der Waals surface area contributed by atoms with Crippen LogP contribution >= 0.6 is 0 Å². The van der Waals surface area contributed by atoms with E-state index in [4.69, 9.17) is 0 Å². The lowest BCUT2D eigenvalue weighted by molar-refractivity contribution is 0.0951. The maximum Gasteiger partial charge on any atom is 0.255 e. The van der Waals surface area contributed by atoms with Gasteiger partial charge >= 0.3 is 0 Å². The van der Waals surface area contributed by atoms with Gasteiger partial charge < -0.3 is 10.4 Å². The van der Waals surface area contributed by atoms with Crippen LogP contribution in [0.5, 0.6) is 5.75 Å². The Bertz CT molecular complexity index is 372. The quantitative estimate of drug-likeness (QED) is 0.821. The molecule has 0 bridgehead atoms. The largest absolute Gasteiger partial charge is 0.507 e. The molecule has 88 valence electrons. The molecule has 0 aromatic heterocycles. The average Bonchev–Trinajstić information content (AvgIpc) is 2.26. The highest BCUT2D eigenvalue weighted by Gasteiger charge is 2.12. The highest BCUT2D eigenvalue weighted by atomic mass is 16.3. The monoisotopic (exact) mass is 221 g/mol. The first-order valence-corrected chi connectivity index (χ1v) is 5.67. The molecule has 0 aliphatic heterocycles. The lowest BCUT2D eigenvalue weighted by atomic mass is 10.00. The summed E-state index contributed by atoms with van der Waals surface area (Å²) in [5.41, 5.74) is 1.42. The van der Waals surface area contributed by atoms with Crippen molar-refractivity contribution in [2.24, 2.45) is 0 Å². The summed E-state index contributed by atoms with van der Waals surface area (Å²) in [7, 11) is 0. The van der Waals surface area contributed by atoms with Crippen molar-refractivity contribution in [2.75, 3.05) is 6.54 Å². The summed E-state index contributed by atoms with van der Waals surface area (Å²) in [6, 6.07) is 5.18. The van der Waals surface area contributed by atoms with Crippen molar-refractivity contribution in [3.8, 4) is 5.75 Å². The molecule has 0 aliphatic carbocycles. The average molecular weight is 221 g/mol.